The molecule has 20 heavy (non-hydrogen) atoms. The second kappa shape index (κ2) is 5.49. The van der Waals surface area contributed by atoms with E-state index in [1.54, 1.807) is 0 Å². The predicted molar refractivity (Wildman–Crippen MR) is 82.7 cm³/mol. The van der Waals surface area contributed by atoms with Crippen molar-refractivity contribution in [1.29, 1.82) is 0 Å². The highest BCUT2D eigenvalue weighted by molar-refractivity contribution is 5.67. The lowest BCUT2D eigenvalue weighted by Crippen LogP contribution is -2.31. The fraction of sp³-hybridized carbons (Fsp3) is 0.375. The Kier molecular flexibility index (Phi) is 3.54. The summed E-state index contributed by atoms with van der Waals surface area (Å²) in [5, 5.41) is 0. The third kappa shape index (κ3) is 2.59. The van der Waals surface area contributed by atoms with Gasteiger partial charge in [0.2, 0.25) is 5.95 Å². The maximum Gasteiger partial charge on any atom is 0.227 e. The van der Waals surface area contributed by atoms with Gasteiger partial charge in [-0.25, -0.2) is 4.98 Å². The number of hydrogen-bond donors (Lipinski definition) is 1. The molecule has 2 N–H and O–H groups in total. The molecular weight excluding hydrogens is 248 g/mol. The van der Waals surface area contributed by atoms with E-state index in [4.69, 9.17) is 10.7 Å². The molecule has 4 heteroatoms. The lowest BCUT2D eigenvalue weighted by molar-refractivity contribution is 0.568. The highest BCUT2D eigenvalue weighted by Gasteiger charge is 2.15. The number of hydrogen-bond acceptors (Lipinski definition) is 4. The Labute approximate surface area is 119 Å². The van der Waals surface area contributed by atoms with E-state index in [1.165, 1.54) is 24.8 Å². The minimum absolute atomic E-state index is 0.541. The van der Waals surface area contributed by atoms with Crippen LogP contribution in [0, 0.1) is 6.92 Å². The molecule has 0 unspecified atom stereocenters. The van der Waals surface area contributed by atoms with Crippen LogP contribution >= 0.6 is 0 Å². The smallest absolute Gasteiger partial charge is 0.227 e. The third-order valence-corrected chi connectivity index (χ3v) is 3.79. The van der Waals surface area contributed by atoms with Gasteiger partial charge in [0.1, 0.15) is 5.82 Å². The molecule has 1 fully saturated rings. The zero-order chi connectivity index (χ0) is 13.9. The van der Waals surface area contributed by atoms with E-state index in [0.29, 0.717) is 5.82 Å². The van der Waals surface area contributed by atoms with Gasteiger partial charge in [0, 0.05) is 24.7 Å². The van der Waals surface area contributed by atoms with Crippen LogP contribution in [0.5, 0.6) is 0 Å². The first-order chi connectivity index (χ1) is 9.74. The van der Waals surface area contributed by atoms with Crippen molar-refractivity contribution < 1.29 is 0 Å². The van der Waals surface area contributed by atoms with E-state index in [-0.39, 0.29) is 0 Å². The van der Waals surface area contributed by atoms with E-state index in [2.05, 4.69) is 28.9 Å². The highest BCUT2D eigenvalue weighted by atomic mass is 15.3. The van der Waals surface area contributed by atoms with Crippen molar-refractivity contribution in [2.24, 2.45) is 0 Å². The predicted octanol–water partition coefficient (Wildman–Crippen LogP) is 3.02. The first-order valence-electron chi connectivity index (χ1n) is 7.19. The fourth-order valence-corrected chi connectivity index (χ4v) is 2.69. The monoisotopic (exact) mass is 268 g/mol. The lowest BCUT2D eigenvalue weighted by atomic mass is 10.1. The molecule has 1 aliphatic heterocycles. The number of rotatable bonds is 2. The number of anilines is 2. The summed E-state index contributed by atoms with van der Waals surface area (Å²) in [6, 6.07) is 10.1. The highest BCUT2D eigenvalue weighted by Crippen LogP contribution is 2.25. The Bertz CT molecular complexity index is 603. The molecule has 0 aliphatic carbocycles. The van der Waals surface area contributed by atoms with Crippen LogP contribution in [0.15, 0.2) is 30.3 Å². The van der Waals surface area contributed by atoms with Gasteiger partial charge in [-0.1, -0.05) is 24.3 Å². The van der Waals surface area contributed by atoms with Gasteiger partial charge in [-0.05, 0) is 31.7 Å². The van der Waals surface area contributed by atoms with Crippen LogP contribution in [0.2, 0.25) is 0 Å². The van der Waals surface area contributed by atoms with Crippen molar-refractivity contribution in [2.45, 2.75) is 26.2 Å². The first-order valence-corrected chi connectivity index (χ1v) is 7.19. The normalized spacial score (nSPS) is 15.3. The topological polar surface area (TPSA) is 55.0 Å². The molecule has 4 nitrogen and oxygen atoms in total. The molecule has 1 aliphatic rings. The minimum Gasteiger partial charge on any atom is -0.384 e. The second-order valence-electron chi connectivity index (χ2n) is 5.34. The van der Waals surface area contributed by atoms with Crippen molar-refractivity contribution in [3.63, 3.8) is 0 Å². The summed E-state index contributed by atoms with van der Waals surface area (Å²) >= 11 is 0. The Hall–Kier alpha value is -2.10. The van der Waals surface area contributed by atoms with Gasteiger partial charge < -0.3 is 10.6 Å². The molecule has 104 valence electrons. The van der Waals surface area contributed by atoms with Gasteiger partial charge >= 0.3 is 0 Å². The van der Waals surface area contributed by atoms with E-state index in [9.17, 15) is 0 Å². The maximum atomic E-state index is 5.98. The quantitative estimate of drug-likeness (QED) is 0.909. The van der Waals surface area contributed by atoms with Crippen molar-refractivity contribution in [2.75, 3.05) is 23.7 Å². The summed E-state index contributed by atoms with van der Waals surface area (Å²) in [7, 11) is 0. The first kappa shape index (κ1) is 12.9. The van der Waals surface area contributed by atoms with Gasteiger partial charge in [0.25, 0.3) is 0 Å². The van der Waals surface area contributed by atoms with Crippen LogP contribution in [0.1, 0.15) is 24.8 Å². The fourth-order valence-electron chi connectivity index (χ4n) is 2.69. The minimum atomic E-state index is 0.541. The van der Waals surface area contributed by atoms with Crippen molar-refractivity contribution in [3.8, 4) is 11.3 Å². The van der Waals surface area contributed by atoms with Crippen LogP contribution in [0.3, 0.4) is 0 Å². The summed E-state index contributed by atoms with van der Waals surface area (Å²) < 4.78 is 0. The third-order valence-electron chi connectivity index (χ3n) is 3.79. The van der Waals surface area contributed by atoms with Crippen molar-refractivity contribution in [3.05, 3.63) is 35.9 Å². The summed E-state index contributed by atoms with van der Waals surface area (Å²) in [4.78, 5) is 11.4. The number of aryl methyl sites for hydroxylation is 1. The number of aromatic nitrogens is 2. The lowest BCUT2D eigenvalue weighted by Gasteiger charge is -2.27. The molecule has 0 amide bonds. The Morgan fingerprint density at radius 3 is 2.55 bits per heavy atom. The standard InChI is InChI=1S/C16H20N4/c1-12-7-3-4-8-13(12)14-11-15(17)19-16(18-14)20-9-5-2-6-10-20/h3-4,7-8,11H,2,5-6,9-10H2,1H3,(H2,17,18,19). The average Bonchev–Trinajstić information content (AvgIpc) is 2.48. The van der Waals surface area contributed by atoms with Crippen molar-refractivity contribution in [1.82, 2.24) is 9.97 Å². The molecule has 3 rings (SSSR count). The number of nitrogens with two attached hydrogens (primary N) is 1. The van der Waals surface area contributed by atoms with E-state index in [1.807, 2.05) is 18.2 Å². The Morgan fingerprint density at radius 2 is 1.80 bits per heavy atom. The number of nitrogen functional groups attached to an aromatic ring is 1. The molecule has 0 spiro atoms. The van der Waals surface area contributed by atoms with E-state index < -0.39 is 0 Å². The number of benzene rings is 1. The molecule has 0 atom stereocenters. The molecule has 0 saturated carbocycles. The second-order valence-corrected chi connectivity index (χ2v) is 5.34. The molecule has 2 aromatic rings. The summed E-state index contributed by atoms with van der Waals surface area (Å²) in [5.41, 5.74) is 9.22. The summed E-state index contributed by atoms with van der Waals surface area (Å²) in [6.45, 7) is 4.14. The van der Waals surface area contributed by atoms with Gasteiger partial charge in [0.15, 0.2) is 0 Å². The number of nitrogens with zero attached hydrogens (tertiary/aromatic N) is 3. The molecule has 0 bridgehead atoms. The number of piperidine rings is 1. The molecule has 1 aromatic heterocycles. The zero-order valence-corrected chi connectivity index (χ0v) is 11.8. The molecule has 0 radical (unpaired) electrons. The van der Waals surface area contributed by atoms with E-state index in [0.717, 1.165) is 30.3 Å². The molecular formula is C16H20N4. The van der Waals surface area contributed by atoms with Gasteiger partial charge in [-0.15, -0.1) is 0 Å². The molecule has 2 heterocycles. The van der Waals surface area contributed by atoms with Crippen molar-refractivity contribution >= 4 is 11.8 Å². The van der Waals surface area contributed by atoms with Gasteiger partial charge in [-0.2, -0.15) is 4.98 Å². The Morgan fingerprint density at radius 1 is 1.05 bits per heavy atom. The SMILES string of the molecule is Cc1ccccc1-c1cc(N)nc(N2CCCCC2)n1. The summed E-state index contributed by atoms with van der Waals surface area (Å²) in [5.74, 6) is 1.31. The van der Waals surface area contributed by atoms with Crippen LogP contribution in [0.25, 0.3) is 11.3 Å². The van der Waals surface area contributed by atoms with Gasteiger partial charge in [0.05, 0.1) is 5.69 Å². The van der Waals surface area contributed by atoms with Gasteiger partial charge in [-0.3, -0.25) is 0 Å². The van der Waals surface area contributed by atoms with Crippen LogP contribution < -0.4 is 10.6 Å². The average molecular weight is 268 g/mol. The zero-order valence-electron chi connectivity index (χ0n) is 11.8. The van der Waals surface area contributed by atoms with Crippen LogP contribution in [0.4, 0.5) is 11.8 Å². The summed E-state index contributed by atoms with van der Waals surface area (Å²) in [6.07, 6.45) is 3.71. The maximum absolute atomic E-state index is 5.98. The largest absolute Gasteiger partial charge is 0.384 e. The molecule has 1 aromatic carbocycles. The Balaban J connectivity index is 2.00. The van der Waals surface area contributed by atoms with E-state index >= 15 is 0 Å². The van der Waals surface area contributed by atoms with Crippen LogP contribution in [-0.2, 0) is 0 Å². The van der Waals surface area contributed by atoms with Crippen LogP contribution in [-0.4, -0.2) is 23.1 Å². The molecule has 1 saturated heterocycles.